The van der Waals surface area contributed by atoms with Crippen LogP contribution in [0.4, 0.5) is 0 Å². The molecular formula is C17H14FeOS. The van der Waals surface area contributed by atoms with E-state index in [9.17, 15) is 4.79 Å². The van der Waals surface area contributed by atoms with Crippen LogP contribution in [0.15, 0.2) is 59.0 Å². The molecule has 2 aliphatic carbocycles. The van der Waals surface area contributed by atoms with Gasteiger partial charge in [-0.25, -0.2) is 12.2 Å². The van der Waals surface area contributed by atoms with Crippen LogP contribution in [0.5, 0.6) is 0 Å². The van der Waals surface area contributed by atoms with E-state index in [0.29, 0.717) is 5.57 Å². The van der Waals surface area contributed by atoms with Crippen LogP contribution >= 0.6 is 11.3 Å². The Labute approximate surface area is 134 Å². The average molecular weight is 322 g/mol. The minimum Gasteiger partial charge on any atom is -0.312 e. The molecule has 0 amide bonds. The summed E-state index contributed by atoms with van der Waals surface area (Å²) in [5, 5.41) is 2.00. The second-order valence-electron chi connectivity index (χ2n) is 3.93. The number of aldehydes is 1. The van der Waals surface area contributed by atoms with Crippen LogP contribution in [-0.4, -0.2) is 6.29 Å². The van der Waals surface area contributed by atoms with Gasteiger partial charge in [-0.15, -0.1) is 23.8 Å². The molecule has 20 heavy (non-hydrogen) atoms. The Balaban J connectivity index is 0.000000283. The molecule has 1 nitrogen and oxygen atoms in total. The van der Waals surface area contributed by atoms with Crippen LogP contribution in [0.3, 0.4) is 0 Å². The number of rotatable bonds is 3. The third-order valence-electron chi connectivity index (χ3n) is 2.56. The maximum atomic E-state index is 10.9. The molecule has 0 N–H and O–H groups in total. The van der Waals surface area contributed by atoms with Crippen molar-refractivity contribution < 1.29 is 21.9 Å². The van der Waals surface area contributed by atoms with Crippen molar-refractivity contribution in [2.75, 3.05) is 0 Å². The predicted molar refractivity (Wildman–Crippen MR) is 80.4 cm³/mol. The molecule has 102 valence electrons. The van der Waals surface area contributed by atoms with Crippen LogP contribution in [0.25, 0.3) is 6.08 Å². The number of hydrogen-bond donors (Lipinski definition) is 0. The molecule has 0 saturated carbocycles. The number of hydrogen-bond acceptors (Lipinski definition) is 2. The zero-order valence-electron chi connectivity index (χ0n) is 10.9. The standard InChI is InChI=1S/C12H9OS.C5H5.Fe/c13-9-11(10-4-1-2-5-10)8-12-6-3-7-14-12;1-2-4-5-3-1;/h1,3-4,6-9H,2H2;1-3H,4H2;/q2*-1;+2. The van der Waals surface area contributed by atoms with Crippen molar-refractivity contribution in [3.63, 3.8) is 0 Å². The van der Waals surface area contributed by atoms with Gasteiger partial charge >= 0.3 is 17.1 Å². The smallest absolute Gasteiger partial charge is 0.312 e. The van der Waals surface area contributed by atoms with E-state index in [-0.39, 0.29) is 17.1 Å². The molecule has 3 rings (SSSR count). The molecule has 0 aliphatic heterocycles. The van der Waals surface area contributed by atoms with Crippen molar-refractivity contribution in [2.45, 2.75) is 12.8 Å². The molecule has 0 aromatic carbocycles. The van der Waals surface area contributed by atoms with Gasteiger partial charge in [0.1, 0.15) is 0 Å². The fraction of sp³-hybridized carbons (Fsp3) is 0.118. The minimum atomic E-state index is 0. The van der Waals surface area contributed by atoms with E-state index in [1.165, 1.54) is 0 Å². The molecular weight excluding hydrogens is 308 g/mol. The number of allylic oxidation sites excluding steroid dienone is 9. The van der Waals surface area contributed by atoms with Crippen LogP contribution < -0.4 is 0 Å². The van der Waals surface area contributed by atoms with Crippen LogP contribution in [-0.2, 0) is 21.9 Å². The van der Waals surface area contributed by atoms with E-state index in [1.807, 2.05) is 47.9 Å². The summed E-state index contributed by atoms with van der Waals surface area (Å²) in [5.74, 6) is 0. The zero-order chi connectivity index (χ0) is 13.3. The minimum absolute atomic E-state index is 0. The molecule has 2 aliphatic rings. The molecule has 0 bridgehead atoms. The van der Waals surface area contributed by atoms with Gasteiger partial charge in [0.05, 0.1) is 6.29 Å². The SMILES string of the molecule is O=CC(=Cc1cccs1)C1=[C-]CC=C1.[C-]1=CC=CC1.[Fe+2]. The first-order valence-corrected chi connectivity index (χ1v) is 6.98. The van der Waals surface area contributed by atoms with Crippen molar-refractivity contribution >= 4 is 23.7 Å². The normalized spacial score (nSPS) is 15.4. The second-order valence-corrected chi connectivity index (χ2v) is 4.91. The molecule has 0 atom stereocenters. The first-order chi connectivity index (χ1) is 9.40. The molecule has 0 radical (unpaired) electrons. The Kier molecular flexibility index (Phi) is 7.89. The zero-order valence-corrected chi connectivity index (χ0v) is 12.8. The van der Waals surface area contributed by atoms with Crippen LogP contribution in [0.1, 0.15) is 17.7 Å². The Morgan fingerprint density at radius 2 is 2.20 bits per heavy atom. The summed E-state index contributed by atoms with van der Waals surface area (Å²) in [7, 11) is 0. The topological polar surface area (TPSA) is 17.1 Å². The quantitative estimate of drug-likeness (QED) is 0.350. The summed E-state index contributed by atoms with van der Waals surface area (Å²) in [6, 6.07) is 3.97. The van der Waals surface area contributed by atoms with Crippen LogP contribution in [0.2, 0.25) is 0 Å². The maximum absolute atomic E-state index is 10.9. The first kappa shape index (κ1) is 16.6. The Morgan fingerprint density at radius 3 is 2.65 bits per heavy atom. The van der Waals surface area contributed by atoms with E-state index in [1.54, 1.807) is 11.3 Å². The van der Waals surface area contributed by atoms with E-state index in [0.717, 1.165) is 29.6 Å². The van der Waals surface area contributed by atoms with Gasteiger partial charge in [0.2, 0.25) is 0 Å². The monoisotopic (exact) mass is 322 g/mol. The summed E-state index contributed by atoms with van der Waals surface area (Å²) in [4.78, 5) is 12.0. The van der Waals surface area contributed by atoms with Gasteiger partial charge in [-0.1, -0.05) is 24.1 Å². The third kappa shape index (κ3) is 5.30. The summed E-state index contributed by atoms with van der Waals surface area (Å²) in [6.07, 6.45) is 20.7. The second kappa shape index (κ2) is 9.49. The Morgan fingerprint density at radius 1 is 1.30 bits per heavy atom. The molecule has 0 unspecified atom stereocenters. The molecule has 1 heterocycles. The first-order valence-electron chi connectivity index (χ1n) is 6.10. The molecule has 0 saturated heterocycles. The fourth-order valence-corrected chi connectivity index (χ4v) is 2.31. The summed E-state index contributed by atoms with van der Waals surface area (Å²) in [6.45, 7) is 0. The van der Waals surface area contributed by atoms with Gasteiger partial charge in [-0.05, 0) is 11.4 Å². The van der Waals surface area contributed by atoms with Crippen molar-refractivity contribution in [1.82, 2.24) is 0 Å². The predicted octanol–water partition coefficient (Wildman–Crippen LogP) is 4.32. The maximum Gasteiger partial charge on any atom is 2.00 e. The number of carbonyl (C=O) groups is 1. The summed E-state index contributed by atoms with van der Waals surface area (Å²) in [5.41, 5.74) is 1.62. The number of carbonyl (C=O) groups excluding carboxylic acids is 1. The molecule has 0 spiro atoms. The van der Waals surface area contributed by atoms with Gasteiger partial charge < -0.3 is 4.79 Å². The Bertz CT molecular complexity index is 550. The van der Waals surface area contributed by atoms with Gasteiger partial charge in [0.15, 0.2) is 0 Å². The molecule has 1 aromatic rings. The van der Waals surface area contributed by atoms with E-state index in [4.69, 9.17) is 0 Å². The van der Waals surface area contributed by atoms with Crippen molar-refractivity contribution in [3.8, 4) is 0 Å². The Hall–Kier alpha value is -1.41. The summed E-state index contributed by atoms with van der Waals surface area (Å²) >= 11 is 1.62. The molecule has 0 fully saturated rings. The van der Waals surface area contributed by atoms with E-state index < -0.39 is 0 Å². The van der Waals surface area contributed by atoms with Crippen molar-refractivity contribution in [1.29, 1.82) is 0 Å². The molecule has 1 aromatic heterocycles. The third-order valence-corrected chi connectivity index (χ3v) is 3.38. The number of thiophene rings is 1. The van der Waals surface area contributed by atoms with Gasteiger partial charge in [-0.3, -0.25) is 6.08 Å². The van der Waals surface area contributed by atoms with Crippen LogP contribution in [0, 0.1) is 12.2 Å². The molecule has 3 heteroatoms. The van der Waals surface area contributed by atoms with Crippen molar-refractivity contribution in [2.24, 2.45) is 0 Å². The van der Waals surface area contributed by atoms with Crippen molar-refractivity contribution in [3.05, 3.63) is 76.1 Å². The van der Waals surface area contributed by atoms with Gasteiger partial charge in [0, 0.05) is 4.88 Å². The van der Waals surface area contributed by atoms with Gasteiger partial charge in [-0.2, -0.15) is 23.8 Å². The van der Waals surface area contributed by atoms with Gasteiger partial charge in [0.25, 0.3) is 0 Å². The van der Waals surface area contributed by atoms with E-state index >= 15 is 0 Å². The fourth-order valence-electron chi connectivity index (χ4n) is 1.64. The van der Waals surface area contributed by atoms with E-state index in [2.05, 4.69) is 18.2 Å². The summed E-state index contributed by atoms with van der Waals surface area (Å²) < 4.78 is 0. The largest absolute Gasteiger partial charge is 2.00 e. The average Bonchev–Trinajstić information content (AvgIpc) is 3.19.